The average Bonchev–Trinajstić information content (AvgIpc) is 3.35. The summed E-state index contributed by atoms with van der Waals surface area (Å²) in [7, 11) is 0. The summed E-state index contributed by atoms with van der Waals surface area (Å²) in [6.07, 6.45) is 2.23. The highest BCUT2D eigenvalue weighted by molar-refractivity contribution is 7.21. The molecule has 0 amide bonds. The molecule has 2 aliphatic rings. The molecule has 9 nitrogen and oxygen atoms in total. The summed E-state index contributed by atoms with van der Waals surface area (Å²) in [4.78, 5) is 18.9. The lowest BCUT2D eigenvalue weighted by Crippen LogP contribution is -2.40. The first-order chi connectivity index (χ1) is 16.9. The molecule has 2 saturated carbocycles. The third kappa shape index (κ3) is 4.44. The molecule has 3 aromatic rings. The highest BCUT2D eigenvalue weighted by Gasteiger charge is 2.48. The van der Waals surface area contributed by atoms with Crippen LogP contribution in [0.25, 0.3) is 20.8 Å². The molecule has 194 valence electrons. The monoisotopic (exact) mass is 512 g/mol. The Bertz CT molecular complexity index is 1280. The highest BCUT2D eigenvalue weighted by atomic mass is 32.1. The van der Waals surface area contributed by atoms with E-state index in [1.165, 1.54) is 0 Å². The van der Waals surface area contributed by atoms with Crippen molar-refractivity contribution in [1.82, 2.24) is 19.9 Å². The summed E-state index contributed by atoms with van der Waals surface area (Å²) in [5.74, 6) is 1.07. The minimum Gasteiger partial charge on any atom is -0.390 e. The number of aryl methyl sites for hydroxylation is 2. The summed E-state index contributed by atoms with van der Waals surface area (Å²) >= 11 is 1.55. The smallest absolute Gasteiger partial charge is 0.225 e. The van der Waals surface area contributed by atoms with Crippen molar-refractivity contribution in [3.05, 3.63) is 23.7 Å². The first-order valence-corrected chi connectivity index (χ1v) is 13.5. The van der Waals surface area contributed by atoms with E-state index >= 15 is 0 Å². The molecule has 5 N–H and O–H groups in total. The zero-order valence-electron chi connectivity index (χ0n) is 21.7. The van der Waals surface area contributed by atoms with Gasteiger partial charge in [-0.2, -0.15) is 4.98 Å². The van der Waals surface area contributed by atoms with Gasteiger partial charge in [0.2, 0.25) is 5.95 Å². The van der Waals surface area contributed by atoms with Crippen LogP contribution in [0.3, 0.4) is 0 Å². The summed E-state index contributed by atoms with van der Waals surface area (Å²) in [5.41, 5.74) is 2.12. The number of aliphatic hydroxyl groups excluding tert-OH is 2. The second-order valence-electron chi connectivity index (χ2n) is 11.3. The first-order valence-electron chi connectivity index (χ1n) is 12.6. The number of aliphatic hydroxyl groups is 3. The molecule has 0 aliphatic heterocycles. The summed E-state index contributed by atoms with van der Waals surface area (Å²) in [6.45, 7) is 11.6. The molecular formula is C26H36N6O3S. The molecule has 2 aliphatic carbocycles. The molecule has 2 fully saturated rings. The lowest BCUT2D eigenvalue weighted by molar-refractivity contribution is -0.0601. The lowest BCUT2D eigenvalue weighted by atomic mass is 9.88. The molecule has 0 unspecified atom stereocenters. The Hall–Kier alpha value is -2.40. The van der Waals surface area contributed by atoms with E-state index in [0.717, 1.165) is 45.0 Å². The number of fused-ring (bicyclic) bond motifs is 1. The third-order valence-corrected chi connectivity index (χ3v) is 9.00. The Labute approximate surface area is 215 Å². The van der Waals surface area contributed by atoms with E-state index in [1.807, 2.05) is 19.9 Å². The minimum atomic E-state index is -1.12. The SMILES string of the molecule is Cc1nc(NC2(C(C)C)CC2)nc(N[C@@H]2C[C@H](C(C)(C)O)[C@@H](O)[C@H]2O)c1-c1nc2c(C)nccc2s1. The second-order valence-corrected chi connectivity index (χ2v) is 12.3. The van der Waals surface area contributed by atoms with Crippen molar-refractivity contribution in [3.63, 3.8) is 0 Å². The lowest BCUT2D eigenvalue weighted by Gasteiger charge is -2.28. The van der Waals surface area contributed by atoms with E-state index in [0.29, 0.717) is 24.1 Å². The Balaban J connectivity index is 1.57. The van der Waals surface area contributed by atoms with Crippen LogP contribution in [0.2, 0.25) is 0 Å². The zero-order chi connectivity index (χ0) is 26.0. The first kappa shape index (κ1) is 25.3. The van der Waals surface area contributed by atoms with Gasteiger partial charge in [0.1, 0.15) is 22.4 Å². The van der Waals surface area contributed by atoms with Gasteiger partial charge in [0.15, 0.2) is 0 Å². The molecule has 4 atom stereocenters. The number of nitrogens with zero attached hydrogens (tertiary/aromatic N) is 4. The number of hydrogen-bond donors (Lipinski definition) is 5. The maximum atomic E-state index is 10.9. The van der Waals surface area contributed by atoms with Crippen LogP contribution < -0.4 is 10.6 Å². The van der Waals surface area contributed by atoms with Gasteiger partial charge in [-0.1, -0.05) is 13.8 Å². The number of nitrogens with one attached hydrogen (secondary N) is 2. The fourth-order valence-corrected chi connectivity index (χ4v) is 6.45. The summed E-state index contributed by atoms with van der Waals surface area (Å²) < 4.78 is 1.03. The Morgan fingerprint density at radius 1 is 1.08 bits per heavy atom. The van der Waals surface area contributed by atoms with Crippen LogP contribution >= 0.6 is 11.3 Å². The van der Waals surface area contributed by atoms with Gasteiger partial charge in [-0.05, 0) is 58.9 Å². The Kier molecular flexibility index (Phi) is 6.22. The topological polar surface area (TPSA) is 136 Å². The number of thiazole rings is 1. The third-order valence-electron chi connectivity index (χ3n) is 7.96. The van der Waals surface area contributed by atoms with Gasteiger partial charge in [0.05, 0.1) is 39.4 Å². The van der Waals surface area contributed by atoms with Gasteiger partial charge in [-0.15, -0.1) is 11.3 Å². The predicted molar refractivity (Wildman–Crippen MR) is 142 cm³/mol. The van der Waals surface area contributed by atoms with Gasteiger partial charge >= 0.3 is 0 Å². The van der Waals surface area contributed by atoms with Crippen molar-refractivity contribution in [2.45, 2.75) is 90.2 Å². The van der Waals surface area contributed by atoms with Crippen molar-refractivity contribution in [2.24, 2.45) is 11.8 Å². The van der Waals surface area contributed by atoms with Crippen LogP contribution in [-0.2, 0) is 0 Å². The zero-order valence-corrected chi connectivity index (χ0v) is 22.5. The van der Waals surface area contributed by atoms with Crippen molar-refractivity contribution in [3.8, 4) is 10.6 Å². The highest BCUT2D eigenvalue weighted by Crippen LogP contribution is 2.45. The van der Waals surface area contributed by atoms with Crippen LogP contribution in [0.15, 0.2) is 12.3 Å². The molecule has 5 rings (SSSR count). The molecular weight excluding hydrogens is 476 g/mol. The van der Waals surface area contributed by atoms with Crippen LogP contribution in [0, 0.1) is 25.7 Å². The minimum absolute atomic E-state index is 0.00105. The normalized spacial score (nSPS) is 25.5. The van der Waals surface area contributed by atoms with Gasteiger partial charge in [-0.3, -0.25) is 4.98 Å². The molecule has 36 heavy (non-hydrogen) atoms. The molecule has 10 heteroatoms. The molecule has 0 saturated heterocycles. The molecule has 0 radical (unpaired) electrons. The molecule has 0 bridgehead atoms. The maximum absolute atomic E-state index is 10.9. The van der Waals surface area contributed by atoms with Gasteiger partial charge in [0, 0.05) is 17.7 Å². The fraction of sp³-hybridized carbons (Fsp3) is 0.615. The van der Waals surface area contributed by atoms with Crippen LogP contribution in [0.4, 0.5) is 11.8 Å². The average molecular weight is 513 g/mol. The van der Waals surface area contributed by atoms with E-state index in [9.17, 15) is 15.3 Å². The van der Waals surface area contributed by atoms with Gasteiger partial charge in [0.25, 0.3) is 0 Å². The molecule has 3 aromatic heterocycles. The Morgan fingerprint density at radius 2 is 1.81 bits per heavy atom. The number of pyridine rings is 1. The summed E-state index contributed by atoms with van der Waals surface area (Å²) in [5, 5.41) is 39.8. The van der Waals surface area contributed by atoms with Crippen molar-refractivity contribution in [2.75, 3.05) is 10.6 Å². The van der Waals surface area contributed by atoms with E-state index in [2.05, 4.69) is 29.5 Å². The summed E-state index contributed by atoms with van der Waals surface area (Å²) in [6, 6.07) is 1.46. The van der Waals surface area contributed by atoms with Crippen LogP contribution in [0.5, 0.6) is 0 Å². The number of rotatable bonds is 7. The largest absolute Gasteiger partial charge is 0.390 e. The van der Waals surface area contributed by atoms with E-state index in [-0.39, 0.29) is 5.54 Å². The van der Waals surface area contributed by atoms with Crippen molar-refractivity contribution >= 4 is 33.3 Å². The number of hydrogen-bond acceptors (Lipinski definition) is 10. The van der Waals surface area contributed by atoms with E-state index in [4.69, 9.17) is 15.0 Å². The number of aromatic nitrogens is 4. The van der Waals surface area contributed by atoms with E-state index < -0.39 is 29.8 Å². The van der Waals surface area contributed by atoms with Crippen molar-refractivity contribution < 1.29 is 15.3 Å². The van der Waals surface area contributed by atoms with Crippen LogP contribution in [-0.4, -0.2) is 64.6 Å². The van der Waals surface area contributed by atoms with Crippen LogP contribution in [0.1, 0.15) is 58.3 Å². The maximum Gasteiger partial charge on any atom is 0.225 e. The fourth-order valence-electron chi connectivity index (χ4n) is 5.34. The van der Waals surface area contributed by atoms with Gasteiger partial charge in [-0.25, -0.2) is 9.97 Å². The Morgan fingerprint density at radius 3 is 2.39 bits per heavy atom. The predicted octanol–water partition coefficient (Wildman–Crippen LogP) is 3.66. The van der Waals surface area contributed by atoms with E-state index in [1.54, 1.807) is 31.4 Å². The number of anilines is 2. The standard InChI is InChI=1S/C26H36N6O3S/c1-12(2)26(8-9-26)32-24-28-13(3)18(23-30-19-14(4)27-10-7-17(19)36-23)22(31-24)29-16-11-15(25(5,6)35)20(33)21(16)34/h7,10,12,15-16,20-21,33-35H,8-9,11H2,1-6H3,(H2,28,29,31,32)/t15-,16+,20+,21-/m0/s1. The molecule has 0 aromatic carbocycles. The second kappa shape index (κ2) is 8.86. The van der Waals surface area contributed by atoms with Crippen molar-refractivity contribution in [1.29, 1.82) is 0 Å². The molecule has 3 heterocycles. The quantitative estimate of drug-likeness (QED) is 0.321. The van der Waals surface area contributed by atoms with Gasteiger partial charge < -0.3 is 26.0 Å². The molecule has 0 spiro atoms.